The molecule has 3 heteroatoms. The zero-order valence-corrected chi connectivity index (χ0v) is 16.4. The first-order valence-corrected chi connectivity index (χ1v) is 10.4. The summed E-state index contributed by atoms with van der Waals surface area (Å²) in [7, 11) is 0. The van der Waals surface area contributed by atoms with Gasteiger partial charge in [0.15, 0.2) is 0 Å². The third-order valence-corrected chi connectivity index (χ3v) is 7.54. The van der Waals surface area contributed by atoms with Gasteiger partial charge in [-0.3, -0.25) is 9.36 Å². The molecule has 0 fully saturated rings. The standard InChI is InChI=1S/C26H20N2O/c1-13-11-19-20(12-14(13)2)28-25(27-19)23-21-15-7-3-5-9-17(15)22(24(23)26(28)29)18-10-6-4-8-16(18)21/h3-12,21-24H,1-2H3/t21?,22?,23-,24-/m1/s1. The third-order valence-electron chi connectivity index (χ3n) is 7.54. The van der Waals surface area contributed by atoms with Crippen molar-refractivity contribution in [3.8, 4) is 0 Å². The van der Waals surface area contributed by atoms with Crippen molar-refractivity contribution in [2.45, 2.75) is 31.6 Å². The second kappa shape index (κ2) is 5.04. The van der Waals surface area contributed by atoms with Crippen molar-refractivity contribution in [1.29, 1.82) is 0 Å². The summed E-state index contributed by atoms with van der Waals surface area (Å²) in [5, 5.41) is 0. The molecule has 0 saturated carbocycles. The Balaban J connectivity index is 1.56. The summed E-state index contributed by atoms with van der Waals surface area (Å²) in [6, 6.07) is 21.7. The highest BCUT2D eigenvalue weighted by Gasteiger charge is 2.58. The van der Waals surface area contributed by atoms with Crippen LogP contribution in [0.1, 0.15) is 61.8 Å². The van der Waals surface area contributed by atoms with Crippen LogP contribution in [0, 0.1) is 19.8 Å². The molecule has 1 aromatic heterocycles. The van der Waals surface area contributed by atoms with E-state index in [2.05, 4.69) is 74.5 Å². The normalized spacial score (nSPS) is 25.7. The van der Waals surface area contributed by atoms with Crippen molar-refractivity contribution in [1.82, 2.24) is 9.55 Å². The molecule has 1 aliphatic heterocycles. The fourth-order valence-electron chi connectivity index (χ4n) is 6.24. The molecule has 3 aliphatic carbocycles. The summed E-state index contributed by atoms with van der Waals surface area (Å²) in [5.74, 6) is 1.55. The Bertz CT molecular complexity index is 1330. The predicted octanol–water partition coefficient (Wildman–Crippen LogP) is 5.30. The molecule has 4 aromatic rings. The highest BCUT2D eigenvalue weighted by molar-refractivity contribution is 5.98. The number of fused-ring (bicyclic) bond motifs is 3. The zero-order chi connectivity index (χ0) is 19.4. The second-order valence-electron chi connectivity index (χ2n) is 8.83. The zero-order valence-electron chi connectivity index (χ0n) is 16.4. The molecule has 29 heavy (non-hydrogen) atoms. The van der Waals surface area contributed by atoms with Crippen LogP contribution in [0.2, 0.25) is 0 Å². The van der Waals surface area contributed by atoms with Crippen molar-refractivity contribution in [3.05, 3.63) is 99.9 Å². The molecule has 2 heterocycles. The van der Waals surface area contributed by atoms with Crippen LogP contribution in [0.4, 0.5) is 0 Å². The number of benzene rings is 3. The largest absolute Gasteiger partial charge is 0.274 e. The number of hydrogen-bond donors (Lipinski definition) is 0. The summed E-state index contributed by atoms with van der Waals surface area (Å²) in [6.45, 7) is 4.22. The third kappa shape index (κ3) is 1.71. The minimum absolute atomic E-state index is 0.0571. The number of hydrogen-bond acceptors (Lipinski definition) is 2. The minimum atomic E-state index is -0.0571. The first-order chi connectivity index (χ1) is 14.1. The molecule has 0 unspecified atom stereocenters. The molecule has 140 valence electrons. The van der Waals surface area contributed by atoms with Crippen LogP contribution in [0.5, 0.6) is 0 Å². The summed E-state index contributed by atoms with van der Waals surface area (Å²) in [6.07, 6.45) is 0. The van der Waals surface area contributed by atoms with Gasteiger partial charge in [-0.05, 0) is 59.4 Å². The summed E-state index contributed by atoms with van der Waals surface area (Å²) in [5.41, 5.74) is 9.74. The molecule has 0 spiro atoms. The van der Waals surface area contributed by atoms with E-state index in [-0.39, 0.29) is 29.6 Å². The van der Waals surface area contributed by atoms with Gasteiger partial charge in [0.05, 0.1) is 17.0 Å². The Kier molecular flexibility index (Phi) is 2.73. The Morgan fingerprint density at radius 2 is 1.28 bits per heavy atom. The minimum Gasteiger partial charge on any atom is -0.274 e. The van der Waals surface area contributed by atoms with Gasteiger partial charge in [0.1, 0.15) is 5.82 Å². The van der Waals surface area contributed by atoms with Crippen LogP contribution in [-0.4, -0.2) is 15.5 Å². The first kappa shape index (κ1) is 15.7. The highest BCUT2D eigenvalue weighted by atomic mass is 16.2. The maximum Gasteiger partial charge on any atom is 0.237 e. The Labute approximate surface area is 169 Å². The van der Waals surface area contributed by atoms with Crippen molar-refractivity contribution in [3.63, 3.8) is 0 Å². The number of carbonyl (C=O) groups excluding carboxylic acids is 1. The van der Waals surface area contributed by atoms with E-state index in [1.54, 1.807) is 0 Å². The van der Waals surface area contributed by atoms with Gasteiger partial charge in [-0.15, -0.1) is 0 Å². The van der Waals surface area contributed by atoms with Crippen LogP contribution >= 0.6 is 0 Å². The smallest absolute Gasteiger partial charge is 0.237 e. The Morgan fingerprint density at radius 3 is 1.86 bits per heavy atom. The van der Waals surface area contributed by atoms with Gasteiger partial charge in [-0.1, -0.05) is 48.5 Å². The van der Waals surface area contributed by atoms with E-state index in [1.807, 2.05) is 4.57 Å². The molecular weight excluding hydrogens is 356 g/mol. The summed E-state index contributed by atoms with van der Waals surface area (Å²) >= 11 is 0. The van der Waals surface area contributed by atoms with Gasteiger partial charge in [-0.25, -0.2) is 4.98 Å². The molecule has 3 nitrogen and oxygen atoms in total. The lowest BCUT2D eigenvalue weighted by Crippen LogP contribution is -2.39. The van der Waals surface area contributed by atoms with Crippen LogP contribution in [0.25, 0.3) is 11.0 Å². The van der Waals surface area contributed by atoms with Gasteiger partial charge in [0, 0.05) is 17.8 Å². The van der Waals surface area contributed by atoms with E-state index >= 15 is 0 Å². The van der Waals surface area contributed by atoms with Gasteiger partial charge in [-0.2, -0.15) is 0 Å². The second-order valence-corrected chi connectivity index (χ2v) is 8.83. The van der Waals surface area contributed by atoms with E-state index in [0.717, 1.165) is 16.9 Å². The molecule has 2 atom stereocenters. The quantitative estimate of drug-likeness (QED) is 0.417. The lowest BCUT2D eigenvalue weighted by Gasteiger charge is -2.46. The van der Waals surface area contributed by atoms with Crippen LogP contribution < -0.4 is 0 Å². The van der Waals surface area contributed by atoms with E-state index in [0.29, 0.717) is 0 Å². The number of carbonyl (C=O) groups is 1. The SMILES string of the molecule is Cc1cc2nc3n(c2cc1C)C(=O)[C@@H]1C2c4ccccc4C(c4ccccc42)[C@@H]31. The van der Waals surface area contributed by atoms with Crippen LogP contribution in [-0.2, 0) is 0 Å². The average Bonchev–Trinajstić information content (AvgIpc) is 3.24. The Morgan fingerprint density at radius 1 is 0.759 bits per heavy atom. The summed E-state index contributed by atoms with van der Waals surface area (Å²) < 4.78 is 1.94. The van der Waals surface area contributed by atoms with Crippen molar-refractivity contribution < 1.29 is 4.79 Å². The van der Waals surface area contributed by atoms with Crippen LogP contribution in [0.15, 0.2) is 60.7 Å². The highest BCUT2D eigenvalue weighted by Crippen LogP contribution is 2.63. The lowest BCUT2D eigenvalue weighted by molar-refractivity contribution is 0.0829. The van der Waals surface area contributed by atoms with Gasteiger partial charge in [0.2, 0.25) is 5.91 Å². The molecule has 3 aromatic carbocycles. The topological polar surface area (TPSA) is 34.9 Å². The lowest BCUT2D eigenvalue weighted by atomic mass is 9.55. The Hall–Kier alpha value is -3.20. The van der Waals surface area contributed by atoms with E-state index in [9.17, 15) is 4.79 Å². The fraction of sp³-hybridized carbons (Fsp3) is 0.231. The number of rotatable bonds is 0. The maximum absolute atomic E-state index is 13.8. The molecule has 0 saturated heterocycles. The fourth-order valence-corrected chi connectivity index (χ4v) is 6.24. The van der Waals surface area contributed by atoms with Gasteiger partial charge >= 0.3 is 0 Å². The molecule has 4 aliphatic rings. The van der Waals surface area contributed by atoms with Crippen LogP contribution in [0.3, 0.4) is 0 Å². The van der Waals surface area contributed by atoms with Crippen molar-refractivity contribution in [2.75, 3.05) is 0 Å². The maximum atomic E-state index is 13.8. The number of imidazole rings is 1. The van der Waals surface area contributed by atoms with Crippen molar-refractivity contribution in [2.24, 2.45) is 5.92 Å². The predicted molar refractivity (Wildman–Crippen MR) is 113 cm³/mol. The average molecular weight is 376 g/mol. The number of nitrogens with zero attached hydrogens (tertiary/aromatic N) is 2. The molecular formula is C26H20N2O. The van der Waals surface area contributed by atoms with Crippen molar-refractivity contribution >= 4 is 16.9 Å². The first-order valence-electron chi connectivity index (χ1n) is 10.4. The molecule has 8 rings (SSSR count). The number of aromatic nitrogens is 2. The van der Waals surface area contributed by atoms with E-state index < -0.39 is 0 Å². The monoisotopic (exact) mass is 376 g/mol. The van der Waals surface area contributed by atoms with E-state index in [1.165, 1.54) is 33.4 Å². The number of aryl methyl sites for hydroxylation is 2. The van der Waals surface area contributed by atoms with Gasteiger partial charge < -0.3 is 0 Å². The molecule has 0 N–H and O–H groups in total. The van der Waals surface area contributed by atoms with E-state index in [4.69, 9.17) is 4.98 Å². The summed E-state index contributed by atoms with van der Waals surface area (Å²) in [4.78, 5) is 18.9. The molecule has 0 amide bonds. The molecule has 2 bridgehead atoms. The van der Waals surface area contributed by atoms with Gasteiger partial charge in [0.25, 0.3) is 0 Å². The molecule has 0 radical (unpaired) electrons.